The molecule has 0 aliphatic rings. The van der Waals surface area contributed by atoms with Crippen LogP contribution in [0.3, 0.4) is 0 Å². The lowest BCUT2D eigenvalue weighted by atomic mass is 9.90. The molecule has 3 aromatic rings. The van der Waals surface area contributed by atoms with Crippen molar-refractivity contribution in [3.63, 3.8) is 0 Å². The number of aromatic nitrogens is 4. The third-order valence-electron chi connectivity index (χ3n) is 4.03. The Bertz CT molecular complexity index is 900. The van der Waals surface area contributed by atoms with Crippen LogP contribution in [0.5, 0.6) is 0 Å². The van der Waals surface area contributed by atoms with Crippen LogP contribution in [0.1, 0.15) is 42.4 Å². The fourth-order valence-corrected chi connectivity index (χ4v) is 2.83. The first kappa shape index (κ1) is 17.0. The minimum atomic E-state index is -0.200. The van der Waals surface area contributed by atoms with E-state index in [0.717, 1.165) is 16.9 Å². The third kappa shape index (κ3) is 3.33. The monoisotopic (exact) mass is 337 g/mol. The Morgan fingerprint density at radius 1 is 1.16 bits per heavy atom. The van der Waals surface area contributed by atoms with Crippen molar-refractivity contribution >= 4 is 11.7 Å². The quantitative estimate of drug-likeness (QED) is 0.796. The van der Waals surface area contributed by atoms with E-state index in [-0.39, 0.29) is 11.3 Å². The number of carbonyl (C=O) groups excluding carboxylic acids is 1. The molecule has 2 aromatic heterocycles. The maximum absolute atomic E-state index is 12.6. The molecule has 0 unspecified atom stereocenters. The van der Waals surface area contributed by atoms with Crippen LogP contribution in [-0.2, 0) is 12.5 Å². The zero-order chi connectivity index (χ0) is 18.2. The van der Waals surface area contributed by atoms with Gasteiger partial charge in [-0.2, -0.15) is 10.2 Å². The molecule has 0 radical (unpaired) electrons. The summed E-state index contributed by atoms with van der Waals surface area (Å²) >= 11 is 0. The molecule has 6 nitrogen and oxygen atoms in total. The molecule has 130 valence electrons. The van der Waals surface area contributed by atoms with Gasteiger partial charge in [-0.3, -0.25) is 9.48 Å². The van der Waals surface area contributed by atoms with Crippen LogP contribution in [0, 0.1) is 6.92 Å². The molecule has 0 spiro atoms. The smallest absolute Gasteiger partial charge is 0.260 e. The van der Waals surface area contributed by atoms with Crippen LogP contribution in [-0.4, -0.2) is 25.5 Å². The SMILES string of the molecule is Cc1c(C(C)(C)C)nn(-c2ccccc2)c1NC(=O)c1cnn(C)c1. The zero-order valence-electron chi connectivity index (χ0n) is 15.2. The molecule has 2 heterocycles. The number of amides is 1. The van der Waals surface area contributed by atoms with Crippen molar-refractivity contribution in [1.82, 2.24) is 19.6 Å². The van der Waals surface area contributed by atoms with Crippen LogP contribution in [0.25, 0.3) is 5.69 Å². The Labute approximate surface area is 147 Å². The number of nitrogens with zero attached hydrogens (tertiary/aromatic N) is 4. The molecule has 1 amide bonds. The van der Waals surface area contributed by atoms with Crippen LogP contribution < -0.4 is 5.32 Å². The van der Waals surface area contributed by atoms with Gasteiger partial charge in [0.15, 0.2) is 0 Å². The Balaban J connectivity index is 2.07. The summed E-state index contributed by atoms with van der Waals surface area (Å²) in [6.45, 7) is 8.34. The highest BCUT2D eigenvalue weighted by Crippen LogP contribution is 2.31. The van der Waals surface area contributed by atoms with Crippen molar-refractivity contribution in [2.75, 3.05) is 5.32 Å². The molecule has 1 aromatic carbocycles. The first-order valence-corrected chi connectivity index (χ1v) is 8.23. The summed E-state index contributed by atoms with van der Waals surface area (Å²) in [6.07, 6.45) is 3.25. The first-order valence-electron chi connectivity index (χ1n) is 8.23. The molecular weight excluding hydrogens is 314 g/mol. The highest BCUT2D eigenvalue weighted by molar-refractivity contribution is 6.04. The number of hydrogen-bond donors (Lipinski definition) is 1. The summed E-state index contributed by atoms with van der Waals surface area (Å²) in [7, 11) is 1.79. The molecule has 1 N–H and O–H groups in total. The number of benzene rings is 1. The van der Waals surface area contributed by atoms with Crippen molar-refractivity contribution in [2.24, 2.45) is 7.05 Å². The van der Waals surface area contributed by atoms with Crippen molar-refractivity contribution in [1.29, 1.82) is 0 Å². The molecule has 3 rings (SSSR count). The molecule has 0 saturated heterocycles. The maximum atomic E-state index is 12.6. The standard InChI is InChI=1S/C19H23N5O/c1-13-16(19(2,3)4)22-24(15-9-7-6-8-10-15)17(13)21-18(25)14-11-20-23(5)12-14/h6-12H,1-5H3,(H,21,25). The van der Waals surface area contributed by atoms with E-state index < -0.39 is 0 Å². The average molecular weight is 337 g/mol. The topological polar surface area (TPSA) is 64.7 Å². The third-order valence-corrected chi connectivity index (χ3v) is 4.03. The summed E-state index contributed by atoms with van der Waals surface area (Å²) in [5.41, 5.74) is 3.21. The van der Waals surface area contributed by atoms with E-state index in [1.807, 2.05) is 37.3 Å². The molecule has 6 heteroatoms. The molecule has 0 saturated carbocycles. The number of para-hydroxylation sites is 1. The van der Waals surface area contributed by atoms with E-state index in [1.165, 1.54) is 0 Å². The van der Waals surface area contributed by atoms with Gasteiger partial charge < -0.3 is 5.32 Å². The van der Waals surface area contributed by atoms with Gasteiger partial charge in [-0.05, 0) is 19.1 Å². The van der Waals surface area contributed by atoms with Gasteiger partial charge in [-0.1, -0.05) is 39.0 Å². The Morgan fingerprint density at radius 2 is 1.84 bits per heavy atom. The number of rotatable bonds is 3. The zero-order valence-corrected chi connectivity index (χ0v) is 15.2. The second-order valence-electron chi connectivity index (χ2n) is 7.18. The lowest BCUT2D eigenvalue weighted by molar-refractivity contribution is 0.102. The molecule has 25 heavy (non-hydrogen) atoms. The van der Waals surface area contributed by atoms with Crippen LogP contribution in [0.15, 0.2) is 42.7 Å². The molecular formula is C19H23N5O. The van der Waals surface area contributed by atoms with E-state index in [4.69, 9.17) is 5.10 Å². The highest BCUT2D eigenvalue weighted by atomic mass is 16.1. The Hall–Kier alpha value is -2.89. The number of hydrogen-bond acceptors (Lipinski definition) is 3. The van der Waals surface area contributed by atoms with Crippen molar-refractivity contribution in [2.45, 2.75) is 33.1 Å². The number of carbonyl (C=O) groups is 1. The van der Waals surface area contributed by atoms with Gasteiger partial charge in [-0.25, -0.2) is 4.68 Å². The largest absolute Gasteiger partial charge is 0.306 e. The second kappa shape index (κ2) is 6.20. The van der Waals surface area contributed by atoms with E-state index in [1.54, 1.807) is 28.8 Å². The second-order valence-corrected chi connectivity index (χ2v) is 7.18. The lowest BCUT2D eigenvalue weighted by Gasteiger charge is -2.16. The molecule has 0 fully saturated rings. The van der Waals surface area contributed by atoms with Gasteiger partial charge in [0, 0.05) is 24.2 Å². The summed E-state index contributed by atoms with van der Waals surface area (Å²) in [5.74, 6) is 0.485. The fraction of sp³-hybridized carbons (Fsp3) is 0.316. The first-order chi connectivity index (χ1) is 11.8. The van der Waals surface area contributed by atoms with Gasteiger partial charge in [0.05, 0.1) is 23.1 Å². The van der Waals surface area contributed by atoms with Crippen molar-refractivity contribution in [3.8, 4) is 5.69 Å². The van der Waals surface area contributed by atoms with Gasteiger partial charge in [0.25, 0.3) is 5.91 Å². The molecule has 0 aliphatic heterocycles. The van der Waals surface area contributed by atoms with Gasteiger partial charge in [0.1, 0.15) is 5.82 Å². The van der Waals surface area contributed by atoms with Crippen LogP contribution in [0.4, 0.5) is 5.82 Å². The van der Waals surface area contributed by atoms with Gasteiger partial charge >= 0.3 is 0 Å². The Kier molecular flexibility index (Phi) is 4.20. The minimum Gasteiger partial charge on any atom is -0.306 e. The van der Waals surface area contributed by atoms with Crippen LogP contribution in [0.2, 0.25) is 0 Å². The predicted octanol–water partition coefficient (Wildman–Crippen LogP) is 3.46. The lowest BCUT2D eigenvalue weighted by Crippen LogP contribution is -2.15. The molecule has 0 atom stereocenters. The highest BCUT2D eigenvalue weighted by Gasteiger charge is 2.26. The number of nitrogens with one attached hydrogen (secondary N) is 1. The van der Waals surface area contributed by atoms with Gasteiger partial charge in [-0.15, -0.1) is 0 Å². The van der Waals surface area contributed by atoms with E-state index in [0.29, 0.717) is 11.4 Å². The van der Waals surface area contributed by atoms with E-state index >= 15 is 0 Å². The van der Waals surface area contributed by atoms with Crippen molar-refractivity contribution < 1.29 is 4.79 Å². The maximum Gasteiger partial charge on any atom is 0.260 e. The minimum absolute atomic E-state index is 0.127. The number of aryl methyl sites for hydroxylation is 1. The van der Waals surface area contributed by atoms with Crippen LogP contribution >= 0.6 is 0 Å². The Morgan fingerprint density at radius 3 is 2.40 bits per heavy atom. The predicted molar refractivity (Wildman–Crippen MR) is 98.2 cm³/mol. The van der Waals surface area contributed by atoms with Crippen molar-refractivity contribution in [3.05, 3.63) is 59.5 Å². The van der Waals surface area contributed by atoms with E-state index in [9.17, 15) is 4.79 Å². The summed E-state index contributed by atoms with van der Waals surface area (Å²) in [5, 5.41) is 11.9. The molecule has 0 bridgehead atoms. The summed E-state index contributed by atoms with van der Waals surface area (Å²) < 4.78 is 3.40. The summed E-state index contributed by atoms with van der Waals surface area (Å²) in [6, 6.07) is 9.81. The summed E-state index contributed by atoms with van der Waals surface area (Å²) in [4.78, 5) is 12.6. The number of anilines is 1. The molecule has 0 aliphatic carbocycles. The average Bonchev–Trinajstić information content (AvgIpc) is 3.13. The fourth-order valence-electron chi connectivity index (χ4n) is 2.83. The normalized spacial score (nSPS) is 11.6. The van der Waals surface area contributed by atoms with Gasteiger partial charge in [0.2, 0.25) is 0 Å². The van der Waals surface area contributed by atoms with E-state index in [2.05, 4.69) is 31.2 Å².